The maximum absolute atomic E-state index is 5.34. The zero-order chi connectivity index (χ0) is 13.4. The smallest absolute Gasteiger partial charge is 0.0537 e. The number of aryl methyl sites for hydroxylation is 1. The Kier molecular flexibility index (Phi) is 6.98. The van der Waals surface area contributed by atoms with Gasteiger partial charge in [0.25, 0.3) is 0 Å². The van der Waals surface area contributed by atoms with E-state index in [0.29, 0.717) is 5.92 Å². The summed E-state index contributed by atoms with van der Waals surface area (Å²) in [5, 5.41) is 7.89. The van der Waals surface area contributed by atoms with E-state index in [-0.39, 0.29) is 0 Å². The highest BCUT2D eigenvalue weighted by atomic mass is 16.5. The van der Waals surface area contributed by atoms with Gasteiger partial charge in [0.15, 0.2) is 0 Å². The van der Waals surface area contributed by atoms with Crippen LogP contribution in [0.2, 0.25) is 0 Å². The van der Waals surface area contributed by atoms with Crippen molar-refractivity contribution < 1.29 is 4.74 Å². The number of aromatic nitrogens is 2. The lowest BCUT2D eigenvalue weighted by molar-refractivity contribution is 0.140. The molecule has 1 rings (SSSR count). The molecule has 104 valence electrons. The molecule has 18 heavy (non-hydrogen) atoms. The maximum atomic E-state index is 5.34. The summed E-state index contributed by atoms with van der Waals surface area (Å²) in [5.41, 5.74) is 2.56. The van der Waals surface area contributed by atoms with Crippen LogP contribution in [0.15, 0.2) is 6.20 Å². The summed E-state index contributed by atoms with van der Waals surface area (Å²) >= 11 is 0. The van der Waals surface area contributed by atoms with Crippen LogP contribution in [0.25, 0.3) is 0 Å². The van der Waals surface area contributed by atoms with Gasteiger partial charge in [-0.2, -0.15) is 5.10 Å². The summed E-state index contributed by atoms with van der Waals surface area (Å²) in [6.07, 6.45) is 3.00. The summed E-state index contributed by atoms with van der Waals surface area (Å²) in [6, 6.07) is 0. The molecular formula is C14H27N3O. The van der Waals surface area contributed by atoms with Crippen LogP contribution in [0.1, 0.15) is 38.4 Å². The van der Waals surface area contributed by atoms with Crippen molar-refractivity contribution in [2.45, 2.75) is 47.2 Å². The van der Waals surface area contributed by atoms with Gasteiger partial charge in [0.05, 0.1) is 6.20 Å². The molecule has 1 aromatic rings. The van der Waals surface area contributed by atoms with E-state index in [1.165, 1.54) is 11.3 Å². The molecule has 0 aliphatic carbocycles. The fraction of sp³-hybridized carbons (Fsp3) is 0.786. The minimum atomic E-state index is 0.687. The van der Waals surface area contributed by atoms with Crippen molar-refractivity contribution in [3.63, 3.8) is 0 Å². The molecule has 0 aromatic carbocycles. The van der Waals surface area contributed by atoms with Crippen LogP contribution in [0.3, 0.4) is 0 Å². The van der Waals surface area contributed by atoms with Crippen molar-refractivity contribution in [1.29, 1.82) is 0 Å². The molecule has 0 radical (unpaired) electrons. The summed E-state index contributed by atoms with van der Waals surface area (Å²) < 4.78 is 7.41. The van der Waals surface area contributed by atoms with Crippen LogP contribution in [0, 0.1) is 12.8 Å². The van der Waals surface area contributed by atoms with Crippen LogP contribution in [0.5, 0.6) is 0 Å². The minimum Gasteiger partial charge on any atom is -0.382 e. The molecule has 0 spiro atoms. The number of hydrogen-bond acceptors (Lipinski definition) is 3. The molecule has 0 fully saturated rings. The Morgan fingerprint density at radius 1 is 1.44 bits per heavy atom. The molecule has 1 N–H and O–H groups in total. The Hall–Kier alpha value is -0.870. The van der Waals surface area contributed by atoms with Gasteiger partial charge >= 0.3 is 0 Å². The zero-order valence-corrected chi connectivity index (χ0v) is 12.2. The van der Waals surface area contributed by atoms with Crippen LogP contribution in [-0.2, 0) is 17.8 Å². The van der Waals surface area contributed by atoms with Crippen molar-refractivity contribution in [3.05, 3.63) is 17.5 Å². The van der Waals surface area contributed by atoms with E-state index in [1.807, 2.05) is 13.1 Å². The van der Waals surface area contributed by atoms with Gasteiger partial charge < -0.3 is 10.1 Å². The van der Waals surface area contributed by atoms with Crippen molar-refractivity contribution in [3.8, 4) is 0 Å². The van der Waals surface area contributed by atoms with Gasteiger partial charge in [-0.1, -0.05) is 13.8 Å². The van der Waals surface area contributed by atoms with Gasteiger partial charge in [-0.3, -0.25) is 4.68 Å². The second-order valence-corrected chi connectivity index (χ2v) is 5.05. The van der Waals surface area contributed by atoms with E-state index in [0.717, 1.165) is 39.3 Å². The average molecular weight is 253 g/mol. The average Bonchev–Trinajstić information content (AvgIpc) is 2.67. The molecule has 1 aromatic heterocycles. The topological polar surface area (TPSA) is 39.1 Å². The highest BCUT2D eigenvalue weighted by Gasteiger charge is 2.05. The fourth-order valence-electron chi connectivity index (χ4n) is 1.84. The second-order valence-electron chi connectivity index (χ2n) is 5.05. The summed E-state index contributed by atoms with van der Waals surface area (Å²) in [5.74, 6) is 0.687. The van der Waals surface area contributed by atoms with Crippen LogP contribution < -0.4 is 5.32 Å². The Balaban J connectivity index is 2.35. The number of nitrogens with one attached hydrogen (secondary N) is 1. The number of hydrogen-bond donors (Lipinski definition) is 1. The predicted molar refractivity (Wildman–Crippen MR) is 74.6 cm³/mol. The molecular weight excluding hydrogens is 226 g/mol. The first-order valence-electron chi connectivity index (χ1n) is 6.94. The number of rotatable bonds is 9. The Labute approximate surface area is 111 Å². The Morgan fingerprint density at radius 2 is 2.22 bits per heavy atom. The predicted octanol–water partition coefficient (Wildman–Crippen LogP) is 2.36. The van der Waals surface area contributed by atoms with Crippen LogP contribution in [0.4, 0.5) is 0 Å². The molecule has 1 heterocycles. The lowest BCUT2D eigenvalue weighted by Crippen LogP contribution is -2.19. The molecule has 4 heteroatoms. The number of ether oxygens (including phenoxy) is 1. The molecule has 0 unspecified atom stereocenters. The summed E-state index contributed by atoms with van der Waals surface area (Å²) in [7, 11) is 0. The van der Waals surface area contributed by atoms with E-state index in [4.69, 9.17) is 4.74 Å². The first-order valence-corrected chi connectivity index (χ1v) is 6.94. The highest BCUT2D eigenvalue weighted by molar-refractivity contribution is 5.15. The quantitative estimate of drug-likeness (QED) is 0.687. The molecule has 0 atom stereocenters. The van der Waals surface area contributed by atoms with Gasteiger partial charge in [0.2, 0.25) is 0 Å². The zero-order valence-electron chi connectivity index (χ0n) is 12.2. The van der Waals surface area contributed by atoms with Gasteiger partial charge in [-0.05, 0) is 32.7 Å². The molecule has 0 amide bonds. The molecule has 0 aliphatic heterocycles. The monoisotopic (exact) mass is 253 g/mol. The number of nitrogens with zero attached hydrogens (tertiary/aromatic N) is 2. The lowest BCUT2D eigenvalue weighted by atomic mass is 10.2. The maximum Gasteiger partial charge on any atom is 0.0537 e. The molecule has 0 saturated heterocycles. The molecule has 0 saturated carbocycles. The van der Waals surface area contributed by atoms with Gasteiger partial charge in [-0.25, -0.2) is 0 Å². The van der Waals surface area contributed by atoms with Gasteiger partial charge in [0.1, 0.15) is 0 Å². The molecule has 0 bridgehead atoms. The largest absolute Gasteiger partial charge is 0.382 e. The lowest BCUT2D eigenvalue weighted by Gasteiger charge is -2.08. The minimum absolute atomic E-state index is 0.687. The van der Waals surface area contributed by atoms with Gasteiger partial charge in [-0.15, -0.1) is 0 Å². The van der Waals surface area contributed by atoms with E-state index >= 15 is 0 Å². The van der Waals surface area contributed by atoms with E-state index < -0.39 is 0 Å². The second kappa shape index (κ2) is 8.27. The Bertz CT molecular complexity index is 334. The van der Waals surface area contributed by atoms with Crippen LogP contribution >= 0.6 is 0 Å². The van der Waals surface area contributed by atoms with E-state index in [9.17, 15) is 0 Å². The standard InChI is InChI=1S/C14H27N3O/c1-5-18-8-6-7-17-13(4)14(11-16-17)10-15-9-12(2)3/h11-12,15H,5-10H2,1-4H3. The normalized spacial score (nSPS) is 11.4. The Morgan fingerprint density at radius 3 is 2.89 bits per heavy atom. The van der Waals surface area contributed by atoms with Crippen molar-refractivity contribution >= 4 is 0 Å². The van der Waals surface area contributed by atoms with E-state index in [1.54, 1.807) is 0 Å². The fourth-order valence-corrected chi connectivity index (χ4v) is 1.84. The van der Waals surface area contributed by atoms with Crippen molar-refractivity contribution in [1.82, 2.24) is 15.1 Å². The van der Waals surface area contributed by atoms with Crippen molar-refractivity contribution in [2.75, 3.05) is 19.8 Å². The third-order valence-electron chi connectivity index (χ3n) is 2.94. The van der Waals surface area contributed by atoms with Gasteiger partial charge in [0, 0.05) is 37.6 Å². The summed E-state index contributed by atoms with van der Waals surface area (Å²) in [4.78, 5) is 0. The van der Waals surface area contributed by atoms with E-state index in [2.05, 4.69) is 35.9 Å². The third-order valence-corrected chi connectivity index (χ3v) is 2.94. The SMILES string of the molecule is CCOCCCn1ncc(CNCC(C)C)c1C. The molecule has 0 aliphatic rings. The van der Waals surface area contributed by atoms with Crippen molar-refractivity contribution in [2.24, 2.45) is 5.92 Å². The third kappa shape index (κ3) is 5.19. The first kappa shape index (κ1) is 15.2. The van der Waals surface area contributed by atoms with Crippen LogP contribution in [-0.4, -0.2) is 29.5 Å². The molecule has 4 nitrogen and oxygen atoms in total. The highest BCUT2D eigenvalue weighted by Crippen LogP contribution is 2.07. The summed E-state index contributed by atoms with van der Waals surface area (Å²) in [6.45, 7) is 13.1. The first-order chi connectivity index (χ1) is 8.65.